The lowest BCUT2D eigenvalue weighted by molar-refractivity contribution is -0.132. The second-order valence-electron chi connectivity index (χ2n) is 4.25. The minimum absolute atomic E-state index is 0.761. The predicted octanol–water partition coefficient (Wildman–Crippen LogP) is 3.01. The van der Waals surface area contributed by atoms with Gasteiger partial charge in [0.2, 0.25) is 0 Å². The Morgan fingerprint density at radius 2 is 1.25 bits per heavy atom. The zero-order valence-electron chi connectivity index (χ0n) is 11.6. The van der Waals surface area contributed by atoms with Crippen LogP contribution in [0.25, 0.3) is 12.2 Å². The summed E-state index contributed by atoms with van der Waals surface area (Å²) in [6.45, 7) is 3.99. The van der Waals surface area contributed by atoms with Crippen LogP contribution in [0.1, 0.15) is 36.1 Å². The highest BCUT2D eigenvalue weighted by Gasteiger charge is 2.08. The molecule has 20 heavy (non-hydrogen) atoms. The van der Waals surface area contributed by atoms with Gasteiger partial charge in [0.25, 0.3) is 0 Å². The van der Waals surface area contributed by atoms with E-state index in [2.05, 4.69) is 0 Å². The summed E-state index contributed by atoms with van der Waals surface area (Å²) in [5.74, 6) is -1.97. The third kappa shape index (κ3) is 4.09. The van der Waals surface area contributed by atoms with E-state index in [9.17, 15) is 9.59 Å². The Morgan fingerprint density at radius 1 is 0.900 bits per heavy atom. The standard InChI is InChI=1S/C16H18O4/c1-3-13-11(7-9-15(17)18)5-6-12(14(13)4-2)8-10-16(19)20/h5-10H,3-4H2,1-2H3,(H,17,18)(H,19,20). The van der Waals surface area contributed by atoms with Crippen LogP contribution in [0.4, 0.5) is 0 Å². The van der Waals surface area contributed by atoms with Crippen molar-refractivity contribution in [3.63, 3.8) is 0 Å². The second kappa shape index (κ2) is 7.28. The summed E-state index contributed by atoms with van der Waals surface area (Å²) in [6, 6.07) is 3.64. The topological polar surface area (TPSA) is 74.6 Å². The molecule has 2 N–H and O–H groups in total. The second-order valence-corrected chi connectivity index (χ2v) is 4.25. The number of hydrogen-bond acceptors (Lipinski definition) is 2. The highest BCUT2D eigenvalue weighted by atomic mass is 16.4. The molecule has 1 aromatic carbocycles. The summed E-state index contributed by atoms with van der Waals surface area (Å²) >= 11 is 0. The number of carboxylic acid groups (broad SMARTS) is 2. The van der Waals surface area contributed by atoms with E-state index in [1.165, 1.54) is 0 Å². The van der Waals surface area contributed by atoms with Crippen molar-refractivity contribution in [3.05, 3.63) is 46.5 Å². The van der Waals surface area contributed by atoms with Gasteiger partial charge in [-0.1, -0.05) is 26.0 Å². The predicted molar refractivity (Wildman–Crippen MR) is 78.5 cm³/mol. The normalized spacial score (nSPS) is 11.3. The van der Waals surface area contributed by atoms with Crippen LogP contribution < -0.4 is 0 Å². The molecule has 1 rings (SSSR count). The van der Waals surface area contributed by atoms with E-state index in [1.54, 1.807) is 12.2 Å². The Hall–Kier alpha value is -2.36. The number of hydrogen-bond donors (Lipinski definition) is 2. The molecule has 0 saturated carbocycles. The fourth-order valence-electron chi connectivity index (χ4n) is 2.20. The summed E-state index contributed by atoms with van der Waals surface area (Å²) < 4.78 is 0. The minimum Gasteiger partial charge on any atom is -0.478 e. The number of benzene rings is 1. The van der Waals surface area contributed by atoms with Crippen molar-refractivity contribution in [3.8, 4) is 0 Å². The number of carbonyl (C=O) groups is 2. The van der Waals surface area contributed by atoms with Gasteiger partial charge in [-0.3, -0.25) is 0 Å². The van der Waals surface area contributed by atoms with Gasteiger partial charge in [0, 0.05) is 12.2 Å². The fourth-order valence-corrected chi connectivity index (χ4v) is 2.20. The number of rotatable bonds is 6. The number of carboxylic acids is 2. The first-order valence-electron chi connectivity index (χ1n) is 6.46. The summed E-state index contributed by atoms with van der Waals surface area (Å²) in [6.07, 6.45) is 6.89. The number of aliphatic carboxylic acids is 2. The van der Waals surface area contributed by atoms with E-state index in [0.29, 0.717) is 0 Å². The van der Waals surface area contributed by atoms with E-state index in [1.807, 2.05) is 26.0 Å². The molecule has 0 atom stereocenters. The van der Waals surface area contributed by atoms with Crippen molar-refractivity contribution in [2.45, 2.75) is 26.7 Å². The molecular weight excluding hydrogens is 256 g/mol. The molecular formula is C16H18O4. The Labute approximate surface area is 118 Å². The summed E-state index contributed by atoms with van der Waals surface area (Å²) in [7, 11) is 0. The van der Waals surface area contributed by atoms with Crippen LogP contribution in [-0.2, 0) is 22.4 Å². The lowest BCUT2D eigenvalue weighted by Gasteiger charge is -2.13. The smallest absolute Gasteiger partial charge is 0.328 e. The van der Waals surface area contributed by atoms with Gasteiger partial charge in [-0.2, -0.15) is 0 Å². The fraction of sp³-hybridized carbons (Fsp3) is 0.250. The Kier molecular flexibility index (Phi) is 5.72. The van der Waals surface area contributed by atoms with Crippen LogP contribution in [0.15, 0.2) is 24.3 Å². The van der Waals surface area contributed by atoms with Gasteiger partial charge >= 0.3 is 11.9 Å². The Bertz CT molecular complexity index is 517. The van der Waals surface area contributed by atoms with Crippen LogP contribution in [0.2, 0.25) is 0 Å². The first-order valence-corrected chi connectivity index (χ1v) is 6.46. The molecule has 0 heterocycles. The van der Waals surface area contributed by atoms with E-state index < -0.39 is 11.9 Å². The molecule has 0 amide bonds. The molecule has 106 valence electrons. The van der Waals surface area contributed by atoms with Crippen LogP contribution in [-0.4, -0.2) is 22.2 Å². The largest absolute Gasteiger partial charge is 0.478 e. The molecule has 0 bridgehead atoms. The SMILES string of the molecule is CCc1c(C=CC(=O)O)ccc(C=CC(=O)O)c1CC. The van der Waals surface area contributed by atoms with Crippen molar-refractivity contribution in [1.82, 2.24) is 0 Å². The summed E-state index contributed by atoms with van der Waals surface area (Å²) in [5.41, 5.74) is 3.83. The molecule has 1 aromatic rings. The van der Waals surface area contributed by atoms with Gasteiger partial charge in [-0.25, -0.2) is 9.59 Å². The molecule has 0 aliphatic rings. The molecule has 0 saturated heterocycles. The van der Waals surface area contributed by atoms with Gasteiger partial charge in [0.15, 0.2) is 0 Å². The Morgan fingerprint density at radius 3 is 1.50 bits per heavy atom. The quantitative estimate of drug-likeness (QED) is 0.782. The summed E-state index contributed by atoms with van der Waals surface area (Å²) in [4.78, 5) is 21.2. The maximum absolute atomic E-state index is 10.6. The van der Waals surface area contributed by atoms with Crippen LogP contribution >= 0.6 is 0 Å². The molecule has 4 heteroatoms. The maximum atomic E-state index is 10.6. The summed E-state index contributed by atoms with van der Waals surface area (Å²) in [5, 5.41) is 17.4. The van der Waals surface area contributed by atoms with Crippen LogP contribution in [0, 0.1) is 0 Å². The average Bonchev–Trinajstić information content (AvgIpc) is 2.41. The first-order chi connectivity index (χ1) is 9.49. The first kappa shape index (κ1) is 15.7. The van der Waals surface area contributed by atoms with E-state index in [4.69, 9.17) is 10.2 Å². The molecule has 4 nitrogen and oxygen atoms in total. The van der Waals surface area contributed by atoms with Crippen LogP contribution in [0.5, 0.6) is 0 Å². The van der Waals surface area contributed by atoms with Crippen molar-refractivity contribution in [2.24, 2.45) is 0 Å². The molecule has 0 unspecified atom stereocenters. The molecule has 0 aromatic heterocycles. The molecule has 0 aliphatic heterocycles. The lowest BCUT2D eigenvalue weighted by Crippen LogP contribution is -1.99. The highest BCUT2D eigenvalue weighted by molar-refractivity contribution is 5.87. The van der Waals surface area contributed by atoms with E-state index in [-0.39, 0.29) is 0 Å². The van der Waals surface area contributed by atoms with Crippen LogP contribution in [0.3, 0.4) is 0 Å². The van der Waals surface area contributed by atoms with E-state index in [0.717, 1.165) is 47.2 Å². The van der Waals surface area contributed by atoms with Gasteiger partial charge in [0.1, 0.15) is 0 Å². The minimum atomic E-state index is -0.986. The van der Waals surface area contributed by atoms with Crippen molar-refractivity contribution < 1.29 is 19.8 Å². The van der Waals surface area contributed by atoms with Gasteiger partial charge in [-0.15, -0.1) is 0 Å². The zero-order valence-corrected chi connectivity index (χ0v) is 11.6. The van der Waals surface area contributed by atoms with Gasteiger partial charge in [-0.05, 0) is 47.2 Å². The highest BCUT2D eigenvalue weighted by Crippen LogP contribution is 2.23. The monoisotopic (exact) mass is 274 g/mol. The maximum Gasteiger partial charge on any atom is 0.328 e. The average molecular weight is 274 g/mol. The van der Waals surface area contributed by atoms with Crippen molar-refractivity contribution in [1.29, 1.82) is 0 Å². The molecule has 0 fully saturated rings. The van der Waals surface area contributed by atoms with E-state index >= 15 is 0 Å². The van der Waals surface area contributed by atoms with Crippen molar-refractivity contribution in [2.75, 3.05) is 0 Å². The molecule has 0 radical (unpaired) electrons. The Balaban J connectivity index is 3.32. The molecule has 0 spiro atoms. The third-order valence-corrected chi connectivity index (χ3v) is 3.02. The van der Waals surface area contributed by atoms with Crippen molar-refractivity contribution >= 4 is 24.1 Å². The lowest BCUT2D eigenvalue weighted by atomic mass is 9.92. The van der Waals surface area contributed by atoms with Gasteiger partial charge in [0.05, 0.1) is 0 Å². The van der Waals surface area contributed by atoms with Gasteiger partial charge < -0.3 is 10.2 Å². The zero-order chi connectivity index (χ0) is 15.1. The molecule has 0 aliphatic carbocycles. The third-order valence-electron chi connectivity index (χ3n) is 3.02.